The van der Waals surface area contributed by atoms with E-state index >= 15 is 0 Å². The summed E-state index contributed by atoms with van der Waals surface area (Å²) in [6.45, 7) is 3.88. The summed E-state index contributed by atoms with van der Waals surface area (Å²) in [6.07, 6.45) is 8.21. The SMILES string of the molecule is CCCc1nnc(NC(=O)[C@H](CC)N2C(=O)[C@H]3[C@H](C2=O)[C@H]2C=C[C@H]3CC2)s1. The number of aryl methyl sites for hydroxylation is 1. The van der Waals surface area contributed by atoms with Crippen LogP contribution in [0.5, 0.6) is 0 Å². The molecule has 1 N–H and O–H groups in total. The monoisotopic (exact) mass is 388 g/mol. The smallest absolute Gasteiger partial charge is 0.249 e. The molecule has 0 radical (unpaired) electrons. The van der Waals surface area contributed by atoms with Gasteiger partial charge in [-0.2, -0.15) is 0 Å². The standard InChI is InChI=1S/C19H24N4O3S/c1-3-5-13-21-22-19(27-13)20-16(24)12(4-2)23-17(25)14-10-6-7-11(9-8-10)15(14)18(23)26/h6-7,10-12,14-15H,3-5,8-9H2,1-2H3,(H,20,22,24)/t10-,11-,12-,14+,15+/m0/s1. The lowest BCUT2D eigenvalue weighted by atomic mass is 9.63. The largest absolute Gasteiger partial charge is 0.299 e. The summed E-state index contributed by atoms with van der Waals surface area (Å²) in [7, 11) is 0. The van der Waals surface area contributed by atoms with Crippen molar-refractivity contribution in [3.63, 3.8) is 0 Å². The maximum Gasteiger partial charge on any atom is 0.249 e. The number of likely N-dealkylation sites (tertiary alicyclic amines) is 1. The van der Waals surface area contributed by atoms with Crippen molar-refractivity contribution in [1.82, 2.24) is 15.1 Å². The molecular formula is C19H24N4O3S. The number of rotatable bonds is 6. The molecule has 5 atom stereocenters. The predicted octanol–water partition coefficient (Wildman–Crippen LogP) is 2.40. The van der Waals surface area contributed by atoms with E-state index in [1.165, 1.54) is 16.2 Å². The number of amides is 3. The summed E-state index contributed by atoms with van der Waals surface area (Å²) in [6, 6.07) is -0.798. The zero-order valence-corrected chi connectivity index (χ0v) is 16.4. The van der Waals surface area contributed by atoms with E-state index in [4.69, 9.17) is 0 Å². The van der Waals surface area contributed by atoms with Crippen molar-refractivity contribution >= 4 is 34.2 Å². The number of carbonyl (C=O) groups is 3. The molecule has 1 aliphatic heterocycles. The van der Waals surface area contributed by atoms with Gasteiger partial charge in [0.2, 0.25) is 22.9 Å². The van der Waals surface area contributed by atoms with E-state index in [1.807, 2.05) is 6.92 Å². The van der Waals surface area contributed by atoms with Crippen LogP contribution >= 0.6 is 11.3 Å². The number of carbonyl (C=O) groups excluding carboxylic acids is 3. The molecule has 2 bridgehead atoms. The highest BCUT2D eigenvalue weighted by Crippen LogP contribution is 2.50. The van der Waals surface area contributed by atoms with E-state index in [0.717, 1.165) is 30.7 Å². The summed E-state index contributed by atoms with van der Waals surface area (Å²) in [5.74, 6) is -1.06. The molecule has 1 saturated heterocycles. The van der Waals surface area contributed by atoms with Gasteiger partial charge in [0.1, 0.15) is 11.0 Å². The van der Waals surface area contributed by atoms with E-state index in [1.54, 1.807) is 0 Å². The fourth-order valence-corrected chi connectivity index (χ4v) is 5.54. The molecule has 1 aromatic rings. The molecule has 2 fully saturated rings. The first-order valence-corrected chi connectivity index (χ1v) is 10.5. The fourth-order valence-electron chi connectivity index (χ4n) is 4.70. The molecule has 3 amide bonds. The lowest BCUT2D eigenvalue weighted by Crippen LogP contribution is -2.47. The molecule has 1 aromatic heterocycles. The van der Waals surface area contributed by atoms with Crippen molar-refractivity contribution in [2.24, 2.45) is 23.7 Å². The minimum absolute atomic E-state index is 0.127. The molecule has 5 rings (SSSR count). The first-order chi connectivity index (χ1) is 13.0. The van der Waals surface area contributed by atoms with Crippen LogP contribution in [0.15, 0.2) is 12.2 Å². The topological polar surface area (TPSA) is 92.3 Å². The summed E-state index contributed by atoms with van der Waals surface area (Å²) < 4.78 is 0. The van der Waals surface area contributed by atoms with Gasteiger partial charge in [-0.05, 0) is 37.5 Å². The third-order valence-corrected chi connectivity index (χ3v) is 6.85. The van der Waals surface area contributed by atoms with Crippen molar-refractivity contribution in [3.05, 3.63) is 17.2 Å². The summed E-state index contributed by atoms with van der Waals surface area (Å²) in [4.78, 5) is 40.2. The Morgan fingerprint density at radius 3 is 2.33 bits per heavy atom. The first kappa shape index (κ1) is 18.3. The maximum atomic E-state index is 13.1. The van der Waals surface area contributed by atoms with Gasteiger partial charge in [0.25, 0.3) is 0 Å². The van der Waals surface area contributed by atoms with Crippen molar-refractivity contribution in [3.8, 4) is 0 Å². The van der Waals surface area contributed by atoms with Gasteiger partial charge in [-0.3, -0.25) is 24.6 Å². The number of nitrogens with one attached hydrogen (secondary N) is 1. The molecule has 8 heteroatoms. The molecule has 2 heterocycles. The van der Waals surface area contributed by atoms with Crippen LogP contribution in [0.2, 0.25) is 0 Å². The van der Waals surface area contributed by atoms with E-state index in [0.29, 0.717) is 11.6 Å². The normalized spacial score (nSPS) is 29.9. The summed E-state index contributed by atoms with van der Waals surface area (Å²) in [5, 5.41) is 12.1. The minimum Gasteiger partial charge on any atom is -0.299 e. The Balaban J connectivity index is 1.52. The van der Waals surface area contributed by atoms with E-state index in [9.17, 15) is 14.4 Å². The molecular weight excluding hydrogens is 364 g/mol. The number of allylic oxidation sites excluding steroid dienone is 2. The second kappa shape index (κ2) is 7.14. The van der Waals surface area contributed by atoms with Crippen LogP contribution in [-0.2, 0) is 20.8 Å². The minimum atomic E-state index is -0.798. The Bertz CT molecular complexity index is 773. The maximum absolute atomic E-state index is 13.1. The van der Waals surface area contributed by atoms with E-state index < -0.39 is 6.04 Å². The third kappa shape index (κ3) is 2.99. The van der Waals surface area contributed by atoms with E-state index in [-0.39, 0.29) is 41.4 Å². The number of imide groups is 1. The van der Waals surface area contributed by atoms with Gasteiger partial charge in [-0.15, -0.1) is 10.2 Å². The molecule has 0 spiro atoms. The second-order valence-electron chi connectivity index (χ2n) is 7.55. The first-order valence-electron chi connectivity index (χ1n) is 9.73. The van der Waals surface area contributed by atoms with Crippen LogP contribution in [0.1, 0.15) is 44.5 Å². The number of hydrogen-bond donors (Lipinski definition) is 1. The number of fused-ring (bicyclic) bond motifs is 1. The van der Waals surface area contributed by atoms with Gasteiger partial charge in [0.15, 0.2) is 0 Å². The average Bonchev–Trinajstić information content (AvgIpc) is 3.22. The lowest BCUT2D eigenvalue weighted by Gasteiger charge is -2.38. The lowest BCUT2D eigenvalue weighted by molar-refractivity contribution is -0.146. The highest BCUT2D eigenvalue weighted by molar-refractivity contribution is 7.15. The molecule has 7 nitrogen and oxygen atoms in total. The van der Waals surface area contributed by atoms with Crippen LogP contribution in [0.4, 0.5) is 5.13 Å². The molecule has 27 heavy (non-hydrogen) atoms. The molecule has 0 unspecified atom stereocenters. The predicted molar refractivity (Wildman–Crippen MR) is 101 cm³/mol. The Labute approximate surface area is 162 Å². The third-order valence-electron chi connectivity index (χ3n) is 5.96. The van der Waals surface area contributed by atoms with E-state index in [2.05, 4.69) is 34.6 Å². The Kier molecular flexibility index (Phi) is 4.84. The second-order valence-corrected chi connectivity index (χ2v) is 8.61. The molecule has 1 saturated carbocycles. The molecule has 3 aliphatic carbocycles. The van der Waals surface area contributed by atoms with Gasteiger partial charge in [-0.1, -0.05) is 37.3 Å². The highest BCUT2D eigenvalue weighted by atomic mass is 32.1. The van der Waals surface area contributed by atoms with Crippen LogP contribution in [-0.4, -0.2) is 38.9 Å². The van der Waals surface area contributed by atoms with Crippen LogP contribution < -0.4 is 5.32 Å². The quantitative estimate of drug-likeness (QED) is 0.597. The summed E-state index contributed by atoms with van der Waals surface area (Å²) >= 11 is 1.34. The Morgan fingerprint density at radius 1 is 1.19 bits per heavy atom. The number of nitrogens with zero attached hydrogens (tertiary/aromatic N) is 3. The van der Waals surface area contributed by atoms with Crippen LogP contribution in [0.25, 0.3) is 0 Å². The highest BCUT2D eigenvalue weighted by Gasteiger charge is 2.58. The van der Waals surface area contributed by atoms with Gasteiger partial charge < -0.3 is 0 Å². The van der Waals surface area contributed by atoms with Gasteiger partial charge >= 0.3 is 0 Å². The number of hydrogen-bond acceptors (Lipinski definition) is 6. The zero-order chi connectivity index (χ0) is 19.1. The Hall–Kier alpha value is -2.09. The van der Waals surface area contributed by atoms with Crippen molar-refractivity contribution < 1.29 is 14.4 Å². The summed E-state index contributed by atoms with van der Waals surface area (Å²) in [5.41, 5.74) is 0. The molecule has 0 aromatic carbocycles. The zero-order valence-electron chi connectivity index (χ0n) is 15.6. The van der Waals surface area contributed by atoms with Gasteiger partial charge in [0, 0.05) is 6.42 Å². The van der Waals surface area contributed by atoms with Crippen LogP contribution in [0.3, 0.4) is 0 Å². The van der Waals surface area contributed by atoms with Crippen molar-refractivity contribution in [2.75, 3.05) is 5.32 Å². The van der Waals surface area contributed by atoms with Crippen molar-refractivity contribution in [1.29, 1.82) is 0 Å². The fraction of sp³-hybridized carbons (Fsp3) is 0.632. The Morgan fingerprint density at radius 2 is 1.81 bits per heavy atom. The molecule has 144 valence electrons. The molecule has 4 aliphatic rings. The van der Waals surface area contributed by atoms with Gasteiger partial charge in [-0.25, -0.2) is 0 Å². The van der Waals surface area contributed by atoms with Crippen LogP contribution in [0, 0.1) is 23.7 Å². The average molecular weight is 388 g/mol. The van der Waals surface area contributed by atoms with Crippen molar-refractivity contribution in [2.45, 2.75) is 52.0 Å². The number of aromatic nitrogens is 2. The number of anilines is 1. The van der Waals surface area contributed by atoms with Gasteiger partial charge in [0.05, 0.1) is 11.8 Å².